The standard InChI is InChI=1S/C13H19N3O/c1-13(2,15)12(14)9-3-5-10-8(7-9)4-6-11(17)16-10/h3,5,7,12H,4,6,14-15H2,1-2H3,(H,16,17). The highest BCUT2D eigenvalue weighted by Gasteiger charge is 2.24. The zero-order chi connectivity index (χ0) is 12.6. The molecule has 0 radical (unpaired) electrons. The fraction of sp³-hybridized carbons (Fsp3) is 0.462. The maximum atomic E-state index is 11.2. The molecular formula is C13H19N3O. The third-order valence-corrected chi connectivity index (χ3v) is 3.19. The third-order valence-electron chi connectivity index (χ3n) is 3.19. The Morgan fingerprint density at radius 1 is 1.35 bits per heavy atom. The van der Waals surface area contributed by atoms with Crippen LogP contribution in [0.5, 0.6) is 0 Å². The van der Waals surface area contributed by atoms with E-state index in [9.17, 15) is 4.79 Å². The van der Waals surface area contributed by atoms with Crippen LogP contribution >= 0.6 is 0 Å². The summed E-state index contributed by atoms with van der Waals surface area (Å²) in [7, 11) is 0. The Morgan fingerprint density at radius 3 is 2.71 bits per heavy atom. The molecule has 1 aromatic rings. The SMILES string of the molecule is CC(C)(N)C(N)c1ccc2c(c1)CCC(=O)N2. The van der Waals surface area contributed by atoms with Crippen molar-refractivity contribution < 1.29 is 4.79 Å². The van der Waals surface area contributed by atoms with Gasteiger partial charge in [0.2, 0.25) is 5.91 Å². The number of nitrogens with two attached hydrogens (primary N) is 2. The van der Waals surface area contributed by atoms with Gasteiger partial charge < -0.3 is 16.8 Å². The summed E-state index contributed by atoms with van der Waals surface area (Å²) in [5.41, 5.74) is 14.7. The number of aryl methyl sites for hydroxylation is 1. The van der Waals surface area contributed by atoms with Gasteiger partial charge in [-0.2, -0.15) is 0 Å². The van der Waals surface area contributed by atoms with Crippen LogP contribution in [-0.4, -0.2) is 11.4 Å². The summed E-state index contributed by atoms with van der Waals surface area (Å²) in [5, 5.41) is 2.85. The summed E-state index contributed by atoms with van der Waals surface area (Å²) < 4.78 is 0. The van der Waals surface area contributed by atoms with Crippen molar-refractivity contribution in [1.29, 1.82) is 0 Å². The van der Waals surface area contributed by atoms with Gasteiger partial charge in [-0.15, -0.1) is 0 Å². The second kappa shape index (κ2) is 4.13. The molecule has 0 bridgehead atoms. The molecule has 1 heterocycles. The minimum Gasteiger partial charge on any atom is -0.326 e. The molecule has 4 nitrogen and oxygen atoms in total. The topological polar surface area (TPSA) is 81.1 Å². The number of carbonyl (C=O) groups excluding carboxylic acids is 1. The van der Waals surface area contributed by atoms with Crippen molar-refractivity contribution in [3.63, 3.8) is 0 Å². The van der Waals surface area contributed by atoms with Crippen LogP contribution in [0.25, 0.3) is 0 Å². The van der Waals surface area contributed by atoms with Gasteiger partial charge in [0, 0.05) is 23.7 Å². The van der Waals surface area contributed by atoms with Gasteiger partial charge in [0.1, 0.15) is 0 Å². The van der Waals surface area contributed by atoms with Gasteiger partial charge in [0.15, 0.2) is 0 Å². The van der Waals surface area contributed by atoms with Crippen LogP contribution in [0.15, 0.2) is 18.2 Å². The summed E-state index contributed by atoms with van der Waals surface area (Å²) in [6.45, 7) is 3.83. The largest absolute Gasteiger partial charge is 0.326 e. The molecule has 92 valence electrons. The molecule has 0 aromatic heterocycles. The van der Waals surface area contributed by atoms with Gasteiger partial charge in [-0.25, -0.2) is 0 Å². The van der Waals surface area contributed by atoms with E-state index < -0.39 is 5.54 Å². The Balaban J connectivity index is 2.31. The van der Waals surface area contributed by atoms with Gasteiger partial charge in [0.25, 0.3) is 0 Å². The van der Waals surface area contributed by atoms with Crippen LogP contribution in [0, 0.1) is 0 Å². The number of amides is 1. The predicted octanol–water partition coefficient (Wildman–Crippen LogP) is 1.31. The van der Waals surface area contributed by atoms with Gasteiger partial charge >= 0.3 is 0 Å². The molecule has 0 saturated heterocycles. The molecule has 0 saturated carbocycles. The Labute approximate surface area is 101 Å². The highest BCUT2D eigenvalue weighted by atomic mass is 16.1. The van der Waals surface area contributed by atoms with Crippen molar-refractivity contribution in [3.8, 4) is 0 Å². The van der Waals surface area contributed by atoms with Crippen LogP contribution in [0.4, 0.5) is 5.69 Å². The zero-order valence-corrected chi connectivity index (χ0v) is 10.3. The summed E-state index contributed by atoms with van der Waals surface area (Å²) >= 11 is 0. The zero-order valence-electron chi connectivity index (χ0n) is 10.3. The van der Waals surface area contributed by atoms with Crippen LogP contribution in [0.2, 0.25) is 0 Å². The molecule has 1 unspecified atom stereocenters. The fourth-order valence-corrected chi connectivity index (χ4v) is 2.03. The number of carbonyl (C=O) groups is 1. The van der Waals surface area contributed by atoms with E-state index in [4.69, 9.17) is 11.5 Å². The second-order valence-corrected chi connectivity index (χ2v) is 5.26. The highest BCUT2D eigenvalue weighted by Crippen LogP contribution is 2.28. The average molecular weight is 233 g/mol. The molecule has 0 aliphatic carbocycles. The monoisotopic (exact) mass is 233 g/mol. The highest BCUT2D eigenvalue weighted by molar-refractivity contribution is 5.93. The second-order valence-electron chi connectivity index (χ2n) is 5.26. The maximum Gasteiger partial charge on any atom is 0.224 e. The van der Waals surface area contributed by atoms with Crippen molar-refractivity contribution >= 4 is 11.6 Å². The molecule has 1 aromatic carbocycles. The number of benzene rings is 1. The smallest absolute Gasteiger partial charge is 0.224 e. The Bertz CT molecular complexity index is 448. The van der Waals surface area contributed by atoms with E-state index in [1.165, 1.54) is 0 Å². The first-order valence-corrected chi connectivity index (χ1v) is 5.85. The molecular weight excluding hydrogens is 214 g/mol. The minimum absolute atomic E-state index is 0.0775. The molecule has 5 N–H and O–H groups in total. The molecule has 0 spiro atoms. The Morgan fingerprint density at radius 2 is 2.06 bits per heavy atom. The van der Waals surface area contributed by atoms with E-state index in [1.807, 2.05) is 32.0 Å². The lowest BCUT2D eigenvalue weighted by atomic mass is 9.88. The predicted molar refractivity (Wildman–Crippen MR) is 68.6 cm³/mol. The molecule has 1 amide bonds. The number of hydrogen-bond acceptors (Lipinski definition) is 3. The number of rotatable bonds is 2. The van der Waals surface area contributed by atoms with Gasteiger partial charge in [0.05, 0.1) is 0 Å². The molecule has 1 aliphatic rings. The first-order chi connectivity index (χ1) is 7.88. The van der Waals surface area contributed by atoms with E-state index in [-0.39, 0.29) is 11.9 Å². The fourth-order valence-electron chi connectivity index (χ4n) is 2.03. The van der Waals surface area contributed by atoms with Crippen molar-refractivity contribution in [2.24, 2.45) is 11.5 Å². The van der Waals surface area contributed by atoms with E-state index in [1.54, 1.807) is 0 Å². The number of hydrogen-bond donors (Lipinski definition) is 3. The third kappa shape index (κ3) is 2.48. The molecule has 1 atom stereocenters. The summed E-state index contributed by atoms with van der Waals surface area (Å²) in [4.78, 5) is 11.2. The lowest BCUT2D eigenvalue weighted by Gasteiger charge is -2.28. The number of nitrogens with one attached hydrogen (secondary N) is 1. The maximum absolute atomic E-state index is 11.2. The minimum atomic E-state index is -0.452. The van der Waals surface area contributed by atoms with Crippen LogP contribution in [0.3, 0.4) is 0 Å². The van der Waals surface area contributed by atoms with E-state index in [2.05, 4.69) is 5.32 Å². The number of anilines is 1. The Hall–Kier alpha value is -1.39. The van der Waals surface area contributed by atoms with Gasteiger partial charge in [-0.3, -0.25) is 4.79 Å². The van der Waals surface area contributed by atoms with Crippen LogP contribution < -0.4 is 16.8 Å². The molecule has 2 rings (SSSR count). The van der Waals surface area contributed by atoms with E-state index in [0.29, 0.717) is 6.42 Å². The van der Waals surface area contributed by atoms with Crippen LogP contribution in [-0.2, 0) is 11.2 Å². The summed E-state index contributed by atoms with van der Waals surface area (Å²) in [6.07, 6.45) is 1.31. The van der Waals surface area contributed by atoms with Crippen molar-refractivity contribution in [2.45, 2.75) is 38.3 Å². The Kier molecular flexibility index (Phi) is 2.93. The summed E-state index contributed by atoms with van der Waals surface area (Å²) in [5.74, 6) is 0.0775. The van der Waals surface area contributed by atoms with E-state index >= 15 is 0 Å². The molecule has 4 heteroatoms. The van der Waals surface area contributed by atoms with Crippen LogP contribution in [0.1, 0.15) is 37.4 Å². The van der Waals surface area contributed by atoms with Crippen molar-refractivity contribution in [1.82, 2.24) is 0 Å². The molecule has 17 heavy (non-hydrogen) atoms. The first kappa shape index (κ1) is 12.1. The average Bonchev–Trinajstić information content (AvgIpc) is 2.26. The lowest BCUT2D eigenvalue weighted by molar-refractivity contribution is -0.116. The van der Waals surface area contributed by atoms with Crippen molar-refractivity contribution in [3.05, 3.63) is 29.3 Å². The summed E-state index contributed by atoms with van der Waals surface area (Å²) in [6, 6.07) is 5.69. The lowest BCUT2D eigenvalue weighted by Crippen LogP contribution is -2.43. The molecule has 1 aliphatic heterocycles. The van der Waals surface area contributed by atoms with Crippen molar-refractivity contribution in [2.75, 3.05) is 5.32 Å². The van der Waals surface area contributed by atoms with Gasteiger partial charge in [-0.05, 0) is 37.5 Å². The molecule has 0 fully saturated rings. The number of fused-ring (bicyclic) bond motifs is 1. The van der Waals surface area contributed by atoms with Gasteiger partial charge in [-0.1, -0.05) is 12.1 Å². The normalized spacial score (nSPS) is 17.3. The van der Waals surface area contributed by atoms with E-state index in [0.717, 1.165) is 23.2 Å². The first-order valence-electron chi connectivity index (χ1n) is 5.85. The quantitative estimate of drug-likeness (QED) is 0.720.